The number of thiocarbonyl (C=S) groups is 1. The van der Waals surface area contributed by atoms with E-state index in [0.717, 1.165) is 0 Å². The summed E-state index contributed by atoms with van der Waals surface area (Å²) in [7, 11) is 0. The van der Waals surface area contributed by atoms with Gasteiger partial charge in [0.15, 0.2) is 0 Å². The number of aliphatic imine (C=N–C) groups is 1. The Bertz CT molecular complexity index is 449. The molecule has 0 aromatic heterocycles. The first kappa shape index (κ1) is 9.16. The van der Waals surface area contributed by atoms with E-state index >= 15 is 0 Å². The first-order valence-corrected chi connectivity index (χ1v) is 3.85. The lowest BCUT2D eigenvalue weighted by atomic mass is 10.2. The Morgan fingerprint density at radius 1 is 1.23 bits per heavy atom. The first-order chi connectivity index (χ1) is 6.36. The average Bonchev–Trinajstić information content (AvgIpc) is 2.19. The Hall–Kier alpha value is -1.93. The molecule has 0 N–H and O–H groups in total. The minimum Gasteiger partial charge on any atom is -0.197 e. The van der Waals surface area contributed by atoms with E-state index in [2.05, 4.69) is 33.8 Å². The summed E-state index contributed by atoms with van der Waals surface area (Å²) in [5.74, 6) is 2.47. The molecule has 0 fully saturated rings. The summed E-state index contributed by atoms with van der Waals surface area (Å²) in [6.07, 6.45) is 0. The molecule has 0 aliphatic rings. The molecular weight excluding hydrogens is 180 g/mol. The SMILES string of the molecule is N#Cc1ccc(N=C=C=C=S)cc1. The molecule has 2 nitrogen and oxygen atoms in total. The van der Waals surface area contributed by atoms with Crippen molar-refractivity contribution in [2.45, 2.75) is 0 Å². The van der Waals surface area contributed by atoms with Crippen LogP contribution >= 0.6 is 12.2 Å². The number of nitrogens with zero attached hydrogens (tertiary/aromatic N) is 2. The average molecular weight is 184 g/mol. The van der Waals surface area contributed by atoms with E-state index < -0.39 is 0 Å². The Morgan fingerprint density at radius 3 is 2.46 bits per heavy atom. The summed E-state index contributed by atoms with van der Waals surface area (Å²) in [5.41, 5.74) is 3.72. The van der Waals surface area contributed by atoms with Crippen molar-refractivity contribution in [1.82, 2.24) is 0 Å². The van der Waals surface area contributed by atoms with Crippen molar-refractivity contribution in [3.05, 3.63) is 35.6 Å². The molecule has 60 valence electrons. The van der Waals surface area contributed by atoms with Crippen LogP contribution in [0.1, 0.15) is 5.56 Å². The van der Waals surface area contributed by atoms with Crippen LogP contribution in [0, 0.1) is 11.3 Å². The molecule has 0 radical (unpaired) electrons. The van der Waals surface area contributed by atoms with E-state index in [1.165, 1.54) is 0 Å². The van der Waals surface area contributed by atoms with Gasteiger partial charge in [-0.2, -0.15) is 10.3 Å². The molecule has 1 aromatic carbocycles. The molecule has 0 aliphatic carbocycles. The largest absolute Gasteiger partial charge is 0.197 e. The van der Waals surface area contributed by atoms with Gasteiger partial charge in [-0.05, 0) is 36.5 Å². The molecule has 0 saturated heterocycles. The van der Waals surface area contributed by atoms with E-state index in [4.69, 9.17) is 5.26 Å². The van der Waals surface area contributed by atoms with Gasteiger partial charge >= 0.3 is 0 Å². The monoisotopic (exact) mass is 184 g/mol. The standard InChI is InChI=1S/C10H4N2S/c11-8-9-2-4-10(5-3-9)12-6-1-7-13/h2-5H. The van der Waals surface area contributed by atoms with E-state index in [9.17, 15) is 0 Å². The molecule has 0 unspecified atom stereocenters. The number of rotatable bonds is 1. The highest BCUT2D eigenvalue weighted by molar-refractivity contribution is 7.78. The lowest BCUT2D eigenvalue weighted by Gasteiger charge is -1.88. The van der Waals surface area contributed by atoms with Crippen LogP contribution in [-0.4, -0.2) is 10.9 Å². The van der Waals surface area contributed by atoms with Crippen LogP contribution in [0.4, 0.5) is 5.69 Å². The number of hydrogen-bond donors (Lipinski definition) is 0. The zero-order valence-corrected chi connectivity index (χ0v) is 7.43. The molecule has 0 saturated carbocycles. The molecular formula is C10H4N2S. The third-order valence-corrected chi connectivity index (χ3v) is 1.39. The van der Waals surface area contributed by atoms with Crippen LogP contribution in [0.3, 0.4) is 0 Å². The summed E-state index contributed by atoms with van der Waals surface area (Å²) in [5, 5.41) is 10.7. The molecule has 1 rings (SSSR count). The lowest BCUT2D eigenvalue weighted by molar-refractivity contribution is 1.47. The van der Waals surface area contributed by atoms with Crippen molar-refractivity contribution >= 4 is 28.8 Å². The van der Waals surface area contributed by atoms with Gasteiger partial charge in [-0.3, -0.25) is 0 Å². The quantitative estimate of drug-likeness (QED) is 0.381. The topological polar surface area (TPSA) is 36.1 Å². The van der Waals surface area contributed by atoms with Crippen LogP contribution in [0.25, 0.3) is 0 Å². The lowest BCUT2D eigenvalue weighted by Crippen LogP contribution is -1.70. The summed E-state index contributed by atoms with van der Waals surface area (Å²) in [6, 6.07) is 8.82. The molecule has 1 aromatic rings. The van der Waals surface area contributed by atoms with Gasteiger partial charge in [0.1, 0.15) is 0 Å². The Balaban J connectivity index is 3.01. The molecule has 0 bridgehead atoms. The van der Waals surface area contributed by atoms with Crippen LogP contribution in [0.2, 0.25) is 0 Å². The van der Waals surface area contributed by atoms with Crippen molar-refractivity contribution in [3.63, 3.8) is 0 Å². The van der Waals surface area contributed by atoms with Gasteiger partial charge in [-0.25, -0.2) is 0 Å². The van der Waals surface area contributed by atoms with E-state index in [1.807, 2.05) is 6.07 Å². The van der Waals surface area contributed by atoms with Crippen LogP contribution in [0.15, 0.2) is 35.0 Å². The van der Waals surface area contributed by atoms with Gasteiger partial charge in [0.05, 0.1) is 17.3 Å². The minimum absolute atomic E-state index is 0.605. The van der Waals surface area contributed by atoms with Crippen molar-refractivity contribution in [2.24, 2.45) is 4.99 Å². The molecule has 0 atom stereocenters. The molecule has 0 spiro atoms. The fourth-order valence-corrected chi connectivity index (χ4v) is 0.771. The molecule has 0 heterocycles. The second-order valence-corrected chi connectivity index (χ2v) is 2.31. The predicted octanol–water partition coefficient (Wildman–Crippen LogP) is 2.17. The third-order valence-electron chi connectivity index (χ3n) is 1.29. The van der Waals surface area contributed by atoms with Gasteiger partial charge in [-0.15, -0.1) is 0 Å². The van der Waals surface area contributed by atoms with Gasteiger partial charge in [0, 0.05) is 16.6 Å². The summed E-state index contributed by atoms with van der Waals surface area (Å²) < 4.78 is 0. The fourth-order valence-electron chi connectivity index (χ4n) is 0.726. The van der Waals surface area contributed by atoms with Gasteiger partial charge in [-0.1, -0.05) is 0 Å². The van der Waals surface area contributed by atoms with Crippen LogP contribution < -0.4 is 0 Å². The number of nitriles is 1. The van der Waals surface area contributed by atoms with Gasteiger partial charge in [0.2, 0.25) is 0 Å². The fraction of sp³-hybridized carbons (Fsp3) is 0. The second kappa shape index (κ2) is 4.85. The highest BCUT2D eigenvalue weighted by atomic mass is 32.1. The highest BCUT2D eigenvalue weighted by Gasteiger charge is 1.88. The summed E-state index contributed by atoms with van der Waals surface area (Å²) >= 11 is 4.38. The Kier molecular flexibility index (Phi) is 3.42. The zero-order valence-electron chi connectivity index (χ0n) is 6.61. The molecule has 13 heavy (non-hydrogen) atoms. The van der Waals surface area contributed by atoms with Crippen LogP contribution in [0.5, 0.6) is 0 Å². The second-order valence-electron chi connectivity index (χ2n) is 2.11. The zero-order chi connectivity index (χ0) is 9.52. The number of hydrogen-bond acceptors (Lipinski definition) is 3. The van der Waals surface area contributed by atoms with Gasteiger partial charge in [0.25, 0.3) is 0 Å². The molecule has 0 aliphatic heterocycles. The van der Waals surface area contributed by atoms with E-state index in [0.29, 0.717) is 11.3 Å². The van der Waals surface area contributed by atoms with Crippen molar-refractivity contribution in [3.8, 4) is 6.07 Å². The maximum absolute atomic E-state index is 8.51. The molecule has 0 amide bonds. The van der Waals surface area contributed by atoms with Gasteiger partial charge < -0.3 is 0 Å². The van der Waals surface area contributed by atoms with E-state index in [-0.39, 0.29) is 0 Å². The summed E-state index contributed by atoms with van der Waals surface area (Å²) in [6.45, 7) is 0. The minimum atomic E-state index is 0.605. The highest BCUT2D eigenvalue weighted by Crippen LogP contribution is 2.10. The van der Waals surface area contributed by atoms with Crippen molar-refractivity contribution in [2.75, 3.05) is 0 Å². The summed E-state index contributed by atoms with van der Waals surface area (Å²) in [4.78, 5) is 3.87. The molecule has 3 heteroatoms. The van der Waals surface area contributed by atoms with Crippen LogP contribution in [-0.2, 0) is 0 Å². The van der Waals surface area contributed by atoms with E-state index in [1.54, 1.807) is 24.3 Å². The Labute approximate surface area is 81.2 Å². The van der Waals surface area contributed by atoms with Crippen molar-refractivity contribution in [1.29, 1.82) is 5.26 Å². The smallest absolute Gasteiger partial charge is 0.0991 e. The first-order valence-electron chi connectivity index (χ1n) is 3.45. The Morgan fingerprint density at radius 2 is 1.92 bits per heavy atom. The maximum atomic E-state index is 8.51. The van der Waals surface area contributed by atoms with Crippen molar-refractivity contribution < 1.29 is 0 Å². The number of benzene rings is 1. The third kappa shape index (κ3) is 2.89. The maximum Gasteiger partial charge on any atom is 0.0991 e. The predicted molar refractivity (Wildman–Crippen MR) is 54.4 cm³/mol. The normalized spacial score (nSPS) is 7.31.